The highest BCUT2D eigenvalue weighted by Crippen LogP contribution is 2.33. The topological polar surface area (TPSA) is 89.8 Å². The van der Waals surface area contributed by atoms with Gasteiger partial charge < -0.3 is 23.8 Å². The van der Waals surface area contributed by atoms with Gasteiger partial charge in [0.2, 0.25) is 0 Å². The monoisotopic (exact) mass is 709 g/mol. The predicted octanol–water partition coefficient (Wildman–Crippen LogP) is 8.99. The maximum Gasteiger partial charge on any atom is 0.410 e. The van der Waals surface area contributed by atoms with Gasteiger partial charge in [0, 0.05) is 26.2 Å². The first-order valence-electron chi connectivity index (χ1n) is 17.6. The van der Waals surface area contributed by atoms with E-state index in [1.807, 2.05) is 96.2 Å². The van der Waals surface area contributed by atoms with Crippen molar-refractivity contribution in [2.45, 2.75) is 72.1 Å². The van der Waals surface area contributed by atoms with Gasteiger partial charge >= 0.3 is 12.2 Å². The molecule has 52 heavy (non-hydrogen) atoms. The lowest BCUT2D eigenvalue weighted by Gasteiger charge is -2.29. The van der Waals surface area contributed by atoms with Gasteiger partial charge in [0.25, 0.3) is 0 Å². The van der Waals surface area contributed by atoms with Gasteiger partial charge in [0.05, 0.1) is 17.7 Å². The van der Waals surface area contributed by atoms with Crippen molar-refractivity contribution >= 4 is 23.3 Å². The number of nitrogens with zero attached hydrogens (tertiary/aromatic N) is 5. The van der Waals surface area contributed by atoms with E-state index in [1.54, 1.807) is 26.5 Å². The maximum atomic E-state index is 16.0. The number of benzene rings is 3. The second kappa shape index (κ2) is 14.7. The van der Waals surface area contributed by atoms with Crippen LogP contribution in [0.3, 0.4) is 0 Å². The van der Waals surface area contributed by atoms with Crippen LogP contribution in [-0.4, -0.2) is 74.1 Å². The molecule has 2 amide bonds. The molecule has 9 nitrogen and oxygen atoms in total. The predicted molar refractivity (Wildman–Crippen MR) is 197 cm³/mol. The fraction of sp³-hybridized carbons (Fsp3) is 0.366. The zero-order chi connectivity index (χ0) is 37.2. The molecule has 0 N–H and O–H groups in total. The second-order valence-corrected chi connectivity index (χ2v) is 15.1. The highest BCUT2D eigenvalue weighted by molar-refractivity contribution is 5.76. The summed E-state index contributed by atoms with van der Waals surface area (Å²) in [6.07, 6.45) is 4.21. The smallest absolute Gasteiger partial charge is 0.410 e. The lowest BCUT2D eigenvalue weighted by Crippen LogP contribution is -2.39. The van der Waals surface area contributed by atoms with Gasteiger partial charge in [-0.15, -0.1) is 10.2 Å². The van der Waals surface area contributed by atoms with Crippen LogP contribution in [0.15, 0.2) is 78.9 Å². The lowest BCUT2D eigenvalue weighted by atomic mass is 9.97. The van der Waals surface area contributed by atoms with Gasteiger partial charge in [-0.05, 0) is 106 Å². The molecule has 272 valence electrons. The molecule has 0 fully saturated rings. The first-order chi connectivity index (χ1) is 24.6. The molecule has 0 atom stereocenters. The average Bonchev–Trinajstić information content (AvgIpc) is 3.49. The number of carbonyl (C=O) groups is 2. The number of halogens is 2. The Morgan fingerprint density at radius 2 is 1.12 bits per heavy atom. The van der Waals surface area contributed by atoms with Crippen LogP contribution in [0.2, 0.25) is 0 Å². The molecule has 0 saturated heterocycles. The van der Waals surface area contributed by atoms with Crippen LogP contribution in [0.25, 0.3) is 33.9 Å². The summed E-state index contributed by atoms with van der Waals surface area (Å²) in [5, 5.41) is 8.79. The van der Waals surface area contributed by atoms with Gasteiger partial charge in [-0.1, -0.05) is 54.6 Å². The van der Waals surface area contributed by atoms with Crippen molar-refractivity contribution < 1.29 is 27.8 Å². The van der Waals surface area contributed by atoms with Gasteiger partial charge in [-0.3, -0.25) is 0 Å². The van der Waals surface area contributed by atoms with Crippen LogP contribution in [-0.2, 0) is 16.0 Å². The molecule has 2 aliphatic heterocycles. The lowest BCUT2D eigenvalue weighted by molar-refractivity contribution is 0.0260. The average molecular weight is 710 g/mol. The molecule has 0 saturated carbocycles. The van der Waals surface area contributed by atoms with Crippen LogP contribution >= 0.6 is 0 Å². The van der Waals surface area contributed by atoms with E-state index in [2.05, 4.69) is 10.2 Å². The Labute approximate surface area is 303 Å². The van der Waals surface area contributed by atoms with Crippen LogP contribution in [0.4, 0.5) is 18.4 Å². The van der Waals surface area contributed by atoms with E-state index in [0.29, 0.717) is 50.1 Å². The van der Waals surface area contributed by atoms with E-state index in [0.717, 1.165) is 16.7 Å². The summed E-state index contributed by atoms with van der Waals surface area (Å²) in [6.45, 7) is 12.9. The van der Waals surface area contributed by atoms with Crippen LogP contribution in [0.1, 0.15) is 71.1 Å². The standard InChI is InChI=1S/C41H45F2N5O4/c1-40(2,3)51-38(49)46-20-16-28(17-21-46)30-12-14-32(34(42)24-30)36-44-45-37(48(36)26-27-10-8-7-9-11-27)33-15-13-31(25-35(33)43)29-18-22-47(23-19-29)39(50)52-41(4,5)6/h7-16,18,24-25H,17,19-23,26H2,1-6H3. The third kappa shape index (κ3) is 8.58. The van der Waals surface area contributed by atoms with Gasteiger partial charge in [-0.2, -0.15) is 0 Å². The third-order valence-corrected chi connectivity index (χ3v) is 8.82. The van der Waals surface area contributed by atoms with Crippen molar-refractivity contribution in [2.75, 3.05) is 26.2 Å². The Morgan fingerprint density at radius 1 is 0.673 bits per heavy atom. The van der Waals surface area contributed by atoms with E-state index in [1.165, 1.54) is 12.1 Å². The van der Waals surface area contributed by atoms with Gasteiger partial charge in [-0.25, -0.2) is 18.4 Å². The minimum absolute atomic E-state index is 0.240. The number of carbonyl (C=O) groups excluding carboxylic acids is 2. The van der Waals surface area contributed by atoms with Crippen molar-refractivity contribution in [2.24, 2.45) is 0 Å². The molecule has 0 radical (unpaired) electrons. The van der Waals surface area contributed by atoms with Crippen LogP contribution in [0, 0.1) is 11.6 Å². The van der Waals surface area contributed by atoms with Crippen molar-refractivity contribution in [3.05, 3.63) is 107 Å². The molecule has 6 rings (SSSR count). The molecule has 2 aliphatic rings. The van der Waals surface area contributed by atoms with Gasteiger partial charge in [0.1, 0.15) is 22.8 Å². The molecular weight excluding hydrogens is 664 g/mol. The van der Waals surface area contributed by atoms with Gasteiger partial charge in [0.15, 0.2) is 11.6 Å². The fourth-order valence-electron chi connectivity index (χ4n) is 6.26. The molecule has 0 spiro atoms. The van der Waals surface area contributed by atoms with Crippen molar-refractivity contribution in [3.8, 4) is 22.8 Å². The molecule has 0 aliphatic carbocycles. The van der Waals surface area contributed by atoms with Crippen LogP contribution < -0.4 is 0 Å². The quantitative estimate of drug-likeness (QED) is 0.199. The number of aromatic nitrogens is 3. The second-order valence-electron chi connectivity index (χ2n) is 15.1. The number of amides is 2. The Morgan fingerprint density at radius 3 is 1.48 bits per heavy atom. The van der Waals surface area contributed by atoms with E-state index >= 15 is 8.78 Å². The summed E-state index contributed by atoms with van der Waals surface area (Å²) in [5.41, 5.74) is 3.53. The summed E-state index contributed by atoms with van der Waals surface area (Å²) < 4.78 is 44.7. The van der Waals surface area contributed by atoms with Crippen molar-refractivity contribution in [1.82, 2.24) is 24.6 Å². The van der Waals surface area contributed by atoms with E-state index in [-0.39, 0.29) is 41.5 Å². The zero-order valence-electron chi connectivity index (χ0n) is 30.6. The molecule has 3 heterocycles. The number of ether oxygens (including phenoxy) is 2. The molecule has 0 unspecified atom stereocenters. The van der Waals surface area contributed by atoms with E-state index in [9.17, 15) is 9.59 Å². The summed E-state index contributed by atoms with van der Waals surface area (Å²) >= 11 is 0. The first-order valence-corrected chi connectivity index (χ1v) is 17.6. The van der Waals surface area contributed by atoms with Crippen LogP contribution in [0.5, 0.6) is 0 Å². The van der Waals surface area contributed by atoms with E-state index in [4.69, 9.17) is 9.47 Å². The maximum absolute atomic E-state index is 16.0. The minimum Gasteiger partial charge on any atom is -0.444 e. The van der Waals surface area contributed by atoms with Crippen molar-refractivity contribution in [1.29, 1.82) is 0 Å². The number of hydrogen-bond donors (Lipinski definition) is 0. The number of hydrogen-bond acceptors (Lipinski definition) is 6. The van der Waals surface area contributed by atoms with E-state index < -0.39 is 22.8 Å². The zero-order valence-corrected chi connectivity index (χ0v) is 30.6. The minimum atomic E-state index is -0.586. The molecule has 4 aromatic rings. The first kappa shape index (κ1) is 36.5. The SMILES string of the molecule is CC(C)(C)OC(=O)N1CC=C(c2ccc(-c3nnc(-c4ccc(C5=CCN(C(=O)OC(C)(C)C)CC5)cc4F)n3Cc3ccccc3)c(F)c2)CC1. The Balaban J connectivity index is 1.26. The Bertz CT molecular complexity index is 1900. The molecular formula is C41H45F2N5O4. The fourth-order valence-corrected chi connectivity index (χ4v) is 6.26. The highest BCUT2D eigenvalue weighted by Gasteiger charge is 2.27. The molecule has 1 aromatic heterocycles. The summed E-state index contributed by atoms with van der Waals surface area (Å²) in [6, 6.07) is 19.6. The normalized spacial score (nSPS) is 15.2. The Hall–Kier alpha value is -5.32. The molecule has 3 aromatic carbocycles. The summed E-state index contributed by atoms with van der Waals surface area (Å²) in [5.74, 6) is -0.418. The Kier molecular flexibility index (Phi) is 10.3. The highest BCUT2D eigenvalue weighted by atomic mass is 19.1. The third-order valence-electron chi connectivity index (χ3n) is 8.82. The number of rotatable bonds is 6. The molecule has 11 heteroatoms. The summed E-state index contributed by atoms with van der Waals surface area (Å²) in [4.78, 5) is 28.3. The molecule has 0 bridgehead atoms. The summed E-state index contributed by atoms with van der Waals surface area (Å²) in [7, 11) is 0. The van der Waals surface area contributed by atoms with Crippen molar-refractivity contribution in [3.63, 3.8) is 0 Å². The largest absolute Gasteiger partial charge is 0.444 e.